The van der Waals surface area contributed by atoms with Crippen molar-refractivity contribution in [2.24, 2.45) is 0 Å². The Kier molecular flexibility index (Phi) is 7.47. The predicted octanol–water partition coefficient (Wildman–Crippen LogP) is 14.3. The number of aromatic nitrogens is 5. The number of hydrogen-bond donors (Lipinski definition) is 0. The summed E-state index contributed by atoms with van der Waals surface area (Å²) in [5, 5.41) is 9.91. The highest BCUT2D eigenvalue weighted by molar-refractivity contribution is 6.25. The first-order chi connectivity index (χ1) is 30.7. The Hall–Kier alpha value is -8.55. The highest BCUT2D eigenvalue weighted by atomic mass is 16.3. The molecule has 7 heteroatoms. The lowest BCUT2D eigenvalue weighted by molar-refractivity contribution is 0.666. The van der Waals surface area contributed by atoms with Crippen LogP contribution in [-0.2, 0) is 0 Å². The summed E-state index contributed by atoms with van der Waals surface area (Å²) in [6, 6.07) is 64.1. The summed E-state index contributed by atoms with van der Waals surface area (Å²) in [4.78, 5) is 25.9. The molecule has 0 bridgehead atoms. The van der Waals surface area contributed by atoms with E-state index in [0.717, 1.165) is 66.2 Å². The average Bonchev–Trinajstić information content (AvgIpc) is 3.93. The normalized spacial score (nSPS) is 11.9. The molecule has 0 radical (unpaired) electrons. The van der Waals surface area contributed by atoms with Gasteiger partial charge < -0.3 is 8.83 Å². The molecule has 0 aliphatic heterocycles. The first-order valence-corrected chi connectivity index (χ1v) is 20.6. The Morgan fingerprint density at radius 1 is 0.290 bits per heavy atom. The number of para-hydroxylation sites is 2. The van der Waals surface area contributed by atoms with Gasteiger partial charge in [0.1, 0.15) is 28.0 Å². The van der Waals surface area contributed by atoms with Crippen LogP contribution in [0.4, 0.5) is 0 Å². The van der Waals surface area contributed by atoms with Crippen molar-refractivity contribution in [3.8, 4) is 56.8 Å². The Morgan fingerprint density at radius 3 is 1.55 bits per heavy atom. The molecule has 0 saturated carbocycles. The summed E-state index contributed by atoms with van der Waals surface area (Å²) in [6.45, 7) is 0. The van der Waals surface area contributed by atoms with E-state index in [9.17, 15) is 0 Å². The van der Waals surface area contributed by atoms with E-state index >= 15 is 0 Å². The molecule has 0 spiro atoms. The van der Waals surface area contributed by atoms with Gasteiger partial charge in [0.15, 0.2) is 28.9 Å². The van der Waals surface area contributed by atoms with E-state index in [1.165, 1.54) is 26.9 Å². The maximum atomic E-state index is 6.81. The topological polar surface area (TPSA) is 90.7 Å². The standard InChI is InChI=1S/C55H31N5O2/c1-3-15-32(16-4-1)48-51-49(40-23-11-12-27-45(40)61-51)57-55(56-48)43-26-13-24-41-47-42(25-14-28-46(47)62-50(41)43)54-59-52(33-17-5-2-6-18-33)58-53(60-54)34-29-30-39-37-21-8-7-19-35(37)36-20-9-10-22-38(36)44(39)31-34/h1-31H. The zero-order valence-electron chi connectivity index (χ0n) is 33.0. The lowest BCUT2D eigenvalue weighted by Gasteiger charge is -2.13. The van der Waals surface area contributed by atoms with Crippen molar-refractivity contribution in [1.82, 2.24) is 24.9 Å². The monoisotopic (exact) mass is 793 g/mol. The SMILES string of the molecule is c1ccc(-c2nc(-c3ccc4c5ccccc5c5ccccc5c4c3)nc(-c3cccc4oc5c(-c6nc(-c7ccccc7)c7oc8ccccc8c7n6)cccc5c34)n2)cc1. The second kappa shape index (κ2) is 13.5. The van der Waals surface area contributed by atoms with Crippen LogP contribution in [0, 0.1) is 0 Å². The summed E-state index contributed by atoms with van der Waals surface area (Å²) in [5.74, 6) is 2.26. The fourth-order valence-electron chi connectivity index (χ4n) is 9.10. The van der Waals surface area contributed by atoms with E-state index in [-0.39, 0.29) is 0 Å². The number of fused-ring (bicyclic) bond motifs is 12. The maximum Gasteiger partial charge on any atom is 0.180 e. The van der Waals surface area contributed by atoms with Crippen LogP contribution in [-0.4, -0.2) is 24.9 Å². The second-order valence-corrected chi connectivity index (χ2v) is 15.5. The third-order valence-electron chi connectivity index (χ3n) is 11.9. The largest absolute Gasteiger partial charge is 0.455 e. The maximum absolute atomic E-state index is 6.81. The van der Waals surface area contributed by atoms with Crippen molar-refractivity contribution < 1.29 is 8.83 Å². The molecule has 7 nitrogen and oxygen atoms in total. The van der Waals surface area contributed by atoms with Gasteiger partial charge in [0.2, 0.25) is 0 Å². The minimum Gasteiger partial charge on any atom is -0.455 e. The van der Waals surface area contributed by atoms with E-state index in [2.05, 4.69) is 78.9 Å². The Bertz CT molecular complexity index is 3900. The Labute approximate surface area is 353 Å². The molecule has 13 rings (SSSR count). The van der Waals surface area contributed by atoms with Gasteiger partial charge in [-0.1, -0.05) is 158 Å². The zero-order chi connectivity index (χ0) is 40.7. The lowest BCUT2D eigenvalue weighted by atomic mass is 9.93. The molecule has 0 amide bonds. The Morgan fingerprint density at radius 2 is 0.806 bits per heavy atom. The molecule has 0 fully saturated rings. The van der Waals surface area contributed by atoms with Crippen LogP contribution in [0.25, 0.3) is 133 Å². The van der Waals surface area contributed by atoms with Crippen LogP contribution >= 0.6 is 0 Å². The molecule has 9 aromatic carbocycles. The zero-order valence-corrected chi connectivity index (χ0v) is 33.0. The van der Waals surface area contributed by atoms with Crippen LogP contribution < -0.4 is 0 Å². The van der Waals surface area contributed by atoms with E-state index in [0.29, 0.717) is 40.0 Å². The highest BCUT2D eigenvalue weighted by Gasteiger charge is 2.23. The summed E-state index contributed by atoms with van der Waals surface area (Å²) in [5.41, 5.74) is 8.59. The summed E-state index contributed by atoms with van der Waals surface area (Å²) in [7, 11) is 0. The van der Waals surface area contributed by atoms with Crippen LogP contribution in [0.5, 0.6) is 0 Å². The first kappa shape index (κ1) is 34.3. The average molecular weight is 794 g/mol. The van der Waals surface area contributed by atoms with Crippen molar-refractivity contribution in [3.63, 3.8) is 0 Å². The highest BCUT2D eigenvalue weighted by Crippen LogP contribution is 2.42. The van der Waals surface area contributed by atoms with Gasteiger partial charge in [-0.25, -0.2) is 24.9 Å². The third kappa shape index (κ3) is 5.28. The van der Waals surface area contributed by atoms with Gasteiger partial charge in [-0.05, 0) is 62.6 Å². The summed E-state index contributed by atoms with van der Waals surface area (Å²) in [6.07, 6.45) is 0. The van der Waals surface area contributed by atoms with Crippen LogP contribution in [0.2, 0.25) is 0 Å². The summed E-state index contributed by atoms with van der Waals surface area (Å²) >= 11 is 0. The molecule has 0 saturated heterocycles. The van der Waals surface area contributed by atoms with Gasteiger partial charge >= 0.3 is 0 Å². The first-order valence-electron chi connectivity index (χ1n) is 20.6. The van der Waals surface area contributed by atoms with Gasteiger partial charge in [-0.2, -0.15) is 0 Å². The molecule has 4 aromatic heterocycles. The number of nitrogens with zero attached hydrogens (tertiary/aromatic N) is 5. The molecular weight excluding hydrogens is 763 g/mol. The number of hydrogen-bond acceptors (Lipinski definition) is 7. The van der Waals surface area contributed by atoms with Gasteiger partial charge in [0.05, 0.1) is 5.56 Å². The second-order valence-electron chi connectivity index (χ2n) is 15.5. The smallest absolute Gasteiger partial charge is 0.180 e. The molecule has 0 N–H and O–H groups in total. The van der Waals surface area contributed by atoms with Crippen molar-refractivity contribution in [2.75, 3.05) is 0 Å². The summed E-state index contributed by atoms with van der Waals surface area (Å²) < 4.78 is 13.2. The molecule has 288 valence electrons. The Balaban J connectivity index is 1.03. The lowest BCUT2D eigenvalue weighted by Crippen LogP contribution is -2.00. The molecule has 62 heavy (non-hydrogen) atoms. The number of furan rings is 2. The molecule has 0 aliphatic rings. The number of rotatable bonds is 5. The van der Waals surface area contributed by atoms with E-state index in [1.807, 2.05) is 109 Å². The number of benzene rings is 9. The fourth-order valence-corrected chi connectivity index (χ4v) is 9.10. The van der Waals surface area contributed by atoms with Gasteiger partial charge in [0, 0.05) is 38.4 Å². The molecule has 13 aromatic rings. The van der Waals surface area contributed by atoms with Crippen LogP contribution in [0.1, 0.15) is 0 Å². The van der Waals surface area contributed by atoms with Crippen molar-refractivity contribution >= 4 is 76.3 Å². The van der Waals surface area contributed by atoms with Crippen molar-refractivity contribution in [2.45, 2.75) is 0 Å². The predicted molar refractivity (Wildman–Crippen MR) is 250 cm³/mol. The molecular formula is C55H31N5O2. The minimum atomic E-state index is 0.541. The molecule has 0 unspecified atom stereocenters. The van der Waals surface area contributed by atoms with Gasteiger partial charge in [-0.3, -0.25) is 0 Å². The van der Waals surface area contributed by atoms with Crippen LogP contribution in [0.15, 0.2) is 197 Å². The van der Waals surface area contributed by atoms with Crippen LogP contribution in [0.3, 0.4) is 0 Å². The fraction of sp³-hybridized carbons (Fsp3) is 0. The van der Waals surface area contributed by atoms with E-state index < -0.39 is 0 Å². The van der Waals surface area contributed by atoms with E-state index in [4.69, 9.17) is 33.8 Å². The van der Waals surface area contributed by atoms with E-state index in [1.54, 1.807) is 0 Å². The quantitative estimate of drug-likeness (QED) is 0.160. The minimum absolute atomic E-state index is 0.541. The molecule has 0 atom stereocenters. The third-order valence-corrected chi connectivity index (χ3v) is 11.9. The van der Waals surface area contributed by atoms with Gasteiger partial charge in [0.25, 0.3) is 0 Å². The molecule has 4 heterocycles. The molecule has 0 aliphatic carbocycles. The van der Waals surface area contributed by atoms with Crippen molar-refractivity contribution in [3.05, 3.63) is 188 Å². The van der Waals surface area contributed by atoms with Crippen molar-refractivity contribution in [1.29, 1.82) is 0 Å². The van der Waals surface area contributed by atoms with Gasteiger partial charge in [-0.15, -0.1) is 0 Å².